The first-order chi connectivity index (χ1) is 10.1. The summed E-state index contributed by atoms with van der Waals surface area (Å²) in [5, 5.41) is 13.9. The highest BCUT2D eigenvalue weighted by Crippen LogP contribution is 2.21. The second kappa shape index (κ2) is 7.15. The molecule has 0 aliphatic heterocycles. The van der Waals surface area contributed by atoms with Gasteiger partial charge in [0.1, 0.15) is 6.73 Å². The number of rotatable bonds is 6. The van der Waals surface area contributed by atoms with Crippen LogP contribution in [0.4, 0.5) is 0 Å². The molecule has 2 rings (SSSR count). The molecule has 0 saturated carbocycles. The summed E-state index contributed by atoms with van der Waals surface area (Å²) in [5.74, 6) is 0. The van der Waals surface area contributed by atoms with Crippen molar-refractivity contribution < 1.29 is 9.84 Å². The molecule has 5 heteroatoms. The van der Waals surface area contributed by atoms with E-state index in [1.807, 2.05) is 30.3 Å². The Morgan fingerprint density at radius 2 is 2.05 bits per heavy atom. The molecule has 1 heterocycles. The number of aromatic nitrogens is 2. The fourth-order valence-corrected chi connectivity index (χ4v) is 2.14. The molecule has 21 heavy (non-hydrogen) atoms. The van der Waals surface area contributed by atoms with Crippen molar-refractivity contribution in [2.75, 3.05) is 7.11 Å². The highest BCUT2D eigenvalue weighted by atomic mass is 16.5. The zero-order chi connectivity index (χ0) is 15.2. The Morgan fingerprint density at radius 3 is 2.67 bits per heavy atom. The molecular formula is C16H20N2O3. The van der Waals surface area contributed by atoms with E-state index in [-0.39, 0.29) is 12.3 Å². The fraction of sp³-hybridized carbons (Fsp3) is 0.375. The second-order valence-corrected chi connectivity index (χ2v) is 5.03. The van der Waals surface area contributed by atoms with Gasteiger partial charge >= 0.3 is 0 Å². The van der Waals surface area contributed by atoms with Crippen molar-refractivity contribution in [3.8, 4) is 11.3 Å². The van der Waals surface area contributed by atoms with Crippen LogP contribution in [0.3, 0.4) is 0 Å². The van der Waals surface area contributed by atoms with Gasteiger partial charge in [-0.2, -0.15) is 5.10 Å². The first-order valence-electron chi connectivity index (χ1n) is 6.95. The van der Waals surface area contributed by atoms with E-state index in [0.717, 1.165) is 16.8 Å². The molecule has 0 amide bonds. The van der Waals surface area contributed by atoms with Gasteiger partial charge in [0.05, 0.1) is 11.8 Å². The van der Waals surface area contributed by atoms with Crippen LogP contribution in [-0.4, -0.2) is 28.1 Å². The van der Waals surface area contributed by atoms with Crippen molar-refractivity contribution >= 4 is 0 Å². The summed E-state index contributed by atoms with van der Waals surface area (Å²) in [7, 11) is 1.53. The van der Waals surface area contributed by atoms with Gasteiger partial charge in [-0.3, -0.25) is 4.79 Å². The lowest BCUT2D eigenvalue weighted by Gasteiger charge is -2.12. The summed E-state index contributed by atoms with van der Waals surface area (Å²) < 4.78 is 6.30. The third-order valence-electron chi connectivity index (χ3n) is 3.21. The van der Waals surface area contributed by atoms with E-state index in [2.05, 4.69) is 5.10 Å². The van der Waals surface area contributed by atoms with Gasteiger partial charge in [0.15, 0.2) is 0 Å². The molecule has 1 unspecified atom stereocenters. The molecule has 0 fully saturated rings. The zero-order valence-corrected chi connectivity index (χ0v) is 12.3. The minimum absolute atomic E-state index is 0.120. The van der Waals surface area contributed by atoms with Crippen LogP contribution >= 0.6 is 0 Å². The quantitative estimate of drug-likeness (QED) is 0.880. The van der Waals surface area contributed by atoms with E-state index < -0.39 is 6.10 Å². The van der Waals surface area contributed by atoms with E-state index in [1.54, 1.807) is 13.0 Å². The number of hydrogen-bond acceptors (Lipinski definition) is 4. The molecular weight excluding hydrogens is 268 g/mol. The highest BCUT2D eigenvalue weighted by molar-refractivity contribution is 5.62. The first kappa shape index (κ1) is 15.4. The molecule has 5 nitrogen and oxygen atoms in total. The molecule has 1 aromatic carbocycles. The van der Waals surface area contributed by atoms with Crippen molar-refractivity contribution in [2.24, 2.45) is 0 Å². The Kier molecular flexibility index (Phi) is 5.25. The Bertz CT molecular complexity index is 636. The van der Waals surface area contributed by atoms with Crippen LogP contribution in [-0.2, 0) is 17.9 Å². The van der Waals surface area contributed by atoms with Crippen LogP contribution in [0.15, 0.2) is 41.2 Å². The SMILES string of the molecule is COCn1nc(-c2ccccc2)c(CCC(C)O)cc1=O. The lowest BCUT2D eigenvalue weighted by molar-refractivity contribution is 0.116. The summed E-state index contributed by atoms with van der Waals surface area (Å²) in [6, 6.07) is 11.3. The standard InChI is InChI=1S/C16H20N2O3/c1-12(19)8-9-14-10-15(20)18(11-21-2)17-16(14)13-6-4-3-5-7-13/h3-7,10,12,19H,8-9,11H2,1-2H3. The summed E-state index contributed by atoms with van der Waals surface area (Å²) in [4.78, 5) is 12.0. The third kappa shape index (κ3) is 4.00. The summed E-state index contributed by atoms with van der Waals surface area (Å²) in [5.41, 5.74) is 2.35. The fourth-order valence-electron chi connectivity index (χ4n) is 2.14. The Morgan fingerprint density at radius 1 is 1.33 bits per heavy atom. The normalized spacial score (nSPS) is 12.3. The zero-order valence-electron chi connectivity index (χ0n) is 12.3. The molecule has 0 aliphatic carbocycles. The predicted octanol–water partition coefficient (Wildman–Crippen LogP) is 1.83. The van der Waals surface area contributed by atoms with Crippen LogP contribution < -0.4 is 5.56 Å². The number of methoxy groups -OCH3 is 1. The maximum atomic E-state index is 12.0. The largest absolute Gasteiger partial charge is 0.393 e. The van der Waals surface area contributed by atoms with Crippen molar-refractivity contribution in [2.45, 2.75) is 32.6 Å². The minimum Gasteiger partial charge on any atom is -0.393 e. The highest BCUT2D eigenvalue weighted by Gasteiger charge is 2.11. The van der Waals surface area contributed by atoms with Crippen LogP contribution in [0.1, 0.15) is 18.9 Å². The van der Waals surface area contributed by atoms with E-state index in [4.69, 9.17) is 4.74 Å². The van der Waals surface area contributed by atoms with Crippen LogP contribution in [0.5, 0.6) is 0 Å². The van der Waals surface area contributed by atoms with Gasteiger partial charge in [-0.05, 0) is 25.3 Å². The van der Waals surface area contributed by atoms with Gasteiger partial charge in [-0.15, -0.1) is 0 Å². The topological polar surface area (TPSA) is 64.3 Å². The summed E-state index contributed by atoms with van der Waals surface area (Å²) >= 11 is 0. The molecule has 112 valence electrons. The number of aryl methyl sites for hydroxylation is 1. The van der Waals surface area contributed by atoms with Gasteiger partial charge in [0.25, 0.3) is 5.56 Å². The number of benzene rings is 1. The molecule has 0 radical (unpaired) electrons. The smallest absolute Gasteiger partial charge is 0.269 e. The van der Waals surface area contributed by atoms with E-state index in [0.29, 0.717) is 12.8 Å². The number of hydrogen-bond donors (Lipinski definition) is 1. The van der Waals surface area contributed by atoms with Gasteiger partial charge < -0.3 is 9.84 Å². The minimum atomic E-state index is -0.407. The third-order valence-corrected chi connectivity index (χ3v) is 3.21. The van der Waals surface area contributed by atoms with Crippen LogP contribution in [0, 0.1) is 0 Å². The van der Waals surface area contributed by atoms with Gasteiger partial charge in [-0.1, -0.05) is 30.3 Å². The lowest BCUT2D eigenvalue weighted by atomic mass is 10.0. The van der Waals surface area contributed by atoms with Crippen LogP contribution in [0.2, 0.25) is 0 Å². The molecule has 1 atom stereocenters. The number of aliphatic hydroxyl groups is 1. The number of ether oxygens (including phenoxy) is 1. The van der Waals surface area contributed by atoms with Crippen molar-refractivity contribution in [3.63, 3.8) is 0 Å². The second-order valence-electron chi connectivity index (χ2n) is 5.03. The molecule has 1 N–H and O–H groups in total. The van der Waals surface area contributed by atoms with Crippen molar-refractivity contribution in [1.29, 1.82) is 0 Å². The lowest BCUT2D eigenvalue weighted by Crippen LogP contribution is -2.25. The molecule has 0 spiro atoms. The molecule has 0 saturated heterocycles. The Hall–Kier alpha value is -1.98. The predicted molar refractivity (Wildman–Crippen MR) is 80.9 cm³/mol. The average molecular weight is 288 g/mol. The van der Waals surface area contributed by atoms with E-state index >= 15 is 0 Å². The number of nitrogens with zero attached hydrogens (tertiary/aromatic N) is 2. The van der Waals surface area contributed by atoms with Gasteiger partial charge in [0.2, 0.25) is 0 Å². The molecule has 1 aromatic heterocycles. The van der Waals surface area contributed by atoms with E-state index in [1.165, 1.54) is 11.8 Å². The van der Waals surface area contributed by atoms with Crippen LogP contribution in [0.25, 0.3) is 11.3 Å². The molecule has 2 aromatic rings. The maximum Gasteiger partial charge on any atom is 0.269 e. The van der Waals surface area contributed by atoms with Gasteiger partial charge in [0, 0.05) is 18.7 Å². The van der Waals surface area contributed by atoms with E-state index in [9.17, 15) is 9.90 Å². The van der Waals surface area contributed by atoms with Gasteiger partial charge in [-0.25, -0.2) is 4.68 Å². The molecule has 0 aliphatic rings. The monoisotopic (exact) mass is 288 g/mol. The van der Waals surface area contributed by atoms with Crippen molar-refractivity contribution in [1.82, 2.24) is 9.78 Å². The Labute approximate surface area is 123 Å². The summed E-state index contributed by atoms with van der Waals surface area (Å²) in [6.45, 7) is 1.86. The Balaban J connectivity index is 2.47. The van der Waals surface area contributed by atoms with Crippen molar-refractivity contribution in [3.05, 3.63) is 52.3 Å². The maximum absolute atomic E-state index is 12.0. The molecule has 0 bridgehead atoms. The summed E-state index contributed by atoms with van der Waals surface area (Å²) in [6.07, 6.45) is 0.794. The number of aliphatic hydroxyl groups excluding tert-OH is 1. The first-order valence-corrected chi connectivity index (χ1v) is 6.95. The average Bonchev–Trinajstić information content (AvgIpc) is 2.48.